The highest BCUT2D eigenvalue weighted by Crippen LogP contribution is 2.28. The first-order chi connectivity index (χ1) is 12.6. The molecule has 0 radical (unpaired) electrons. The Balaban J connectivity index is 1.31. The molecule has 1 saturated carbocycles. The number of fused-ring (bicyclic) bond motifs is 1. The highest BCUT2D eigenvalue weighted by molar-refractivity contribution is 5.93. The number of rotatable bonds is 5. The molecule has 4 rings (SSSR count). The number of hydrogen-bond acceptors (Lipinski definition) is 3. The fourth-order valence-corrected chi connectivity index (χ4v) is 3.67. The van der Waals surface area contributed by atoms with Gasteiger partial charge in [-0.3, -0.25) is 9.59 Å². The van der Waals surface area contributed by atoms with E-state index in [1.165, 1.54) is 12.8 Å². The lowest BCUT2D eigenvalue weighted by molar-refractivity contribution is -0.122. The van der Waals surface area contributed by atoms with Crippen LogP contribution in [0.4, 0.5) is 0 Å². The van der Waals surface area contributed by atoms with Crippen molar-refractivity contribution in [3.63, 3.8) is 0 Å². The summed E-state index contributed by atoms with van der Waals surface area (Å²) >= 11 is 0. The van der Waals surface area contributed by atoms with Crippen LogP contribution < -0.4 is 5.32 Å². The zero-order chi connectivity index (χ0) is 18.1. The van der Waals surface area contributed by atoms with Gasteiger partial charge in [0.25, 0.3) is 5.91 Å². The Kier molecular flexibility index (Phi) is 4.66. The van der Waals surface area contributed by atoms with Crippen LogP contribution in [0.25, 0.3) is 5.65 Å². The summed E-state index contributed by atoms with van der Waals surface area (Å²) in [6.07, 6.45) is 8.58. The fourth-order valence-electron chi connectivity index (χ4n) is 3.67. The van der Waals surface area contributed by atoms with E-state index in [9.17, 15) is 9.59 Å². The molecule has 26 heavy (non-hydrogen) atoms. The molecular formula is C20H26N4O2. The zero-order valence-corrected chi connectivity index (χ0v) is 15.3. The second kappa shape index (κ2) is 7.09. The second-order valence-electron chi connectivity index (χ2n) is 7.74. The summed E-state index contributed by atoms with van der Waals surface area (Å²) in [6, 6.07) is 3.95. The molecule has 0 unspecified atom stereocenters. The number of carbonyl (C=O) groups is 2. The van der Waals surface area contributed by atoms with Gasteiger partial charge in [-0.15, -0.1) is 0 Å². The van der Waals surface area contributed by atoms with Gasteiger partial charge >= 0.3 is 0 Å². The fraction of sp³-hybridized carbons (Fsp3) is 0.550. The summed E-state index contributed by atoms with van der Waals surface area (Å²) in [6.45, 7) is 4.23. The van der Waals surface area contributed by atoms with E-state index in [1.807, 2.05) is 40.8 Å². The molecule has 6 nitrogen and oxygen atoms in total. The normalized spacial score (nSPS) is 18.3. The van der Waals surface area contributed by atoms with Crippen LogP contribution in [0.5, 0.6) is 0 Å². The van der Waals surface area contributed by atoms with Gasteiger partial charge < -0.3 is 14.6 Å². The summed E-state index contributed by atoms with van der Waals surface area (Å²) in [5.74, 6) is 1.25. The van der Waals surface area contributed by atoms with Crippen LogP contribution in [0.3, 0.4) is 0 Å². The highest BCUT2D eigenvalue weighted by atomic mass is 16.2. The molecule has 1 saturated heterocycles. The molecule has 1 aliphatic carbocycles. The molecule has 0 aromatic carbocycles. The van der Waals surface area contributed by atoms with E-state index in [4.69, 9.17) is 0 Å². The van der Waals surface area contributed by atoms with Crippen molar-refractivity contribution in [3.8, 4) is 0 Å². The third-order valence-corrected chi connectivity index (χ3v) is 5.56. The van der Waals surface area contributed by atoms with E-state index in [-0.39, 0.29) is 11.8 Å². The van der Waals surface area contributed by atoms with Crippen molar-refractivity contribution in [1.29, 1.82) is 0 Å². The predicted molar refractivity (Wildman–Crippen MR) is 98.9 cm³/mol. The van der Waals surface area contributed by atoms with Gasteiger partial charge in [-0.05, 0) is 56.1 Å². The number of aryl methyl sites for hydroxylation is 1. The number of pyridine rings is 1. The Morgan fingerprint density at radius 1 is 1.19 bits per heavy atom. The molecule has 1 N–H and O–H groups in total. The Labute approximate surface area is 153 Å². The molecule has 3 heterocycles. The van der Waals surface area contributed by atoms with Crippen LogP contribution in [0, 0.1) is 18.8 Å². The van der Waals surface area contributed by atoms with E-state index >= 15 is 0 Å². The van der Waals surface area contributed by atoms with Crippen LogP contribution in [0.1, 0.15) is 48.2 Å². The van der Waals surface area contributed by atoms with E-state index in [1.54, 1.807) is 0 Å². The Morgan fingerprint density at radius 2 is 1.96 bits per heavy atom. The summed E-state index contributed by atoms with van der Waals surface area (Å²) in [5.41, 5.74) is 2.39. The maximum absolute atomic E-state index is 12.8. The zero-order valence-electron chi connectivity index (χ0n) is 15.3. The number of hydrogen-bond donors (Lipinski definition) is 1. The topological polar surface area (TPSA) is 66.7 Å². The minimum absolute atomic E-state index is 0.00950. The molecule has 2 aromatic heterocycles. The highest BCUT2D eigenvalue weighted by Gasteiger charge is 2.27. The molecule has 6 heteroatoms. The number of nitrogens with one attached hydrogen (secondary N) is 1. The van der Waals surface area contributed by atoms with Crippen molar-refractivity contribution in [1.82, 2.24) is 19.6 Å². The molecule has 1 aliphatic heterocycles. The maximum Gasteiger partial charge on any atom is 0.274 e. The summed E-state index contributed by atoms with van der Waals surface area (Å²) in [4.78, 5) is 31.2. The number of carbonyl (C=O) groups excluding carboxylic acids is 2. The quantitative estimate of drug-likeness (QED) is 0.897. The molecule has 2 aromatic rings. The van der Waals surface area contributed by atoms with Crippen molar-refractivity contribution in [2.24, 2.45) is 11.8 Å². The first-order valence-corrected chi connectivity index (χ1v) is 9.60. The van der Waals surface area contributed by atoms with E-state index in [2.05, 4.69) is 10.3 Å². The lowest BCUT2D eigenvalue weighted by Crippen LogP contribution is -2.40. The minimum atomic E-state index is -0.00950. The molecule has 138 valence electrons. The Hall–Kier alpha value is -2.37. The molecule has 0 bridgehead atoms. The standard InChI is InChI=1S/C20H26N4O2/c1-14-3-2-8-24-13-17(22-19(14)24)20(26)23-9-6-15(7-10-23)11-18(25)21-12-16-4-5-16/h2-3,8,13,15-16H,4-7,9-12H2,1H3,(H,21,25). The number of imidazole rings is 1. The molecule has 2 fully saturated rings. The van der Waals surface area contributed by atoms with Gasteiger partial charge in [0.05, 0.1) is 0 Å². The van der Waals surface area contributed by atoms with E-state index < -0.39 is 0 Å². The molecule has 0 atom stereocenters. The number of piperidine rings is 1. The van der Waals surface area contributed by atoms with E-state index in [0.717, 1.165) is 30.6 Å². The van der Waals surface area contributed by atoms with E-state index in [0.29, 0.717) is 37.0 Å². The third kappa shape index (κ3) is 3.74. The summed E-state index contributed by atoms with van der Waals surface area (Å²) < 4.78 is 1.90. The largest absolute Gasteiger partial charge is 0.356 e. The van der Waals surface area contributed by atoms with Crippen molar-refractivity contribution in [2.45, 2.75) is 39.0 Å². The minimum Gasteiger partial charge on any atom is -0.356 e. The average Bonchev–Trinajstić information content (AvgIpc) is 3.37. The Bertz CT molecular complexity index is 816. The predicted octanol–water partition coefficient (Wildman–Crippen LogP) is 2.41. The molecule has 2 amide bonds. The van der Waals surface area contributed by atoms with Gasteiger partial charge in [0.15, 0.2) is 0 Å². The van der Waals surface area contributed by atoms with Gasteiger partial charge in [0.1, 0.15) is 11.3 Å². The van der Waals surface area contributed by atoms with Crippen LogP contribution in [-0.4, -0.2) is 45.7 Å². The maximum atomic E-state index is 12.8. The van der Waals surface area contributed by atoms with Crippen LogP contribution >= 0.6 is 0 Å². The number of amides is 2. The van der Waals surface area contributed by atoms with Crippen LogP contribution in [-0.2, 0) is 4.79 Å². The number of likely N-dealkylation sites (tertiary alicyclic amines) is 1. The van der Waals surface area contributed by atoms with Gasteiger partial charge in [0, 0.05) is 38.4 Å². The lowest BCUT2D eigenvalue weighted by atomic mass is 9.93. The van der Waals surface area contributed by atoms with Crippen LogP contribution in [0.15, 0.2) is 24.5 Å². The van der Waals surface area contributed by atoms with Crippen molar-refractivity contribution in [2.75, 3.05) is 19.6 Å². The lowest BCUT2D eigenvalue weighted by Gasteiger charge is -2.31. The summed E-state index contributed by atoms with van der Waals surface area (Å²) in [5, 5.41) is 3.04. The third-order valence-electron chi connectivity index (χ3n) is 5.56. The van der Waals surface area contributed by atoms with Crippen LogP contribution in [0.2, 0.25) is 0 Å². The number of nitrogens with zero attached hydrogens (tertiary/aromatic N) is 3. The number of aromatic nitrogens is 2. The van der Waals surface area contributed by atoms with Crippen molar-refractivity contribution >= 4 is 17.5 Å². The smallest absolute Gasteiger partial charge is 0.274 e. The SMILES string of the molecule is Cc1cccn2cc(C(=O)N3CCC(CC(=O)NCC4CC4)CC3)nc12. The molecule has 2 aliphatic rings. The van der Waals surface area contributed by atoms with Gasteiger partial charge in [-0.1, -0.05) is 6.07 Å². The Morgan fingerprint density at radius 3 is 2.65 bits per heavy atom. The molecule has 0 spiro atoms. The first-order valence-electron chi connectivity index (χ1n) is 9.60. The monoisotopic (exact) mass is 354 g/mol. The van der Waals surface area contributed by atoms with Crippen molar-refractivity contribution < 1.29 is 9.59 Å². The van der Waals surface area contributed by atoms with Gasteiger partial charge in [-0.25, -0.2) is 4.98 Å². The average molecular weight is 354 g/mol. The van der Waals surface area contributed by atoms with Gasteiger partial charge in [-0.2, -0.15) is 0 Å². The van der Waals surface area contributed by atoms with Crippen molar-refractivity contribution in [3.05, 3.63) is 35.8 Å². The second-order valence-corrected chi connectivity index (χ2v) is 7.74. The first kappa shape index (κ1) is 17.1. The summed E-state index contributed by atoms with van der Waals surface area (Å²) in [7, 11) is 0. The molecular weight excluding hydrogens is 328 g/mol. The van der Waals surface area contributed by atoms with Gasteiger partial charge in [0.2, 0.25) is 5.91 Å².